The molecule has 8 heteroatoms. The van der Waals surface area contributed by atoms with E-state index in [-0.39, 0.29) is 24.2 Å². The van der Waals surface area contributed by atoms with Gasteiger partial charge < -0.3 is 19.1 Å². The third-order valence-electron chi connectivity index (χ3n) is 6.19. The second-order valence-electron chi connectivity index (χ2n) is 8.05. The number of nitrogens with zero attached hydrogens (tertiary/aromatic N) is 1. The summed E-state index contributed by atoms with van der Waals surface area (Å²) in [5.41, 5.74) is 1.07. The van der Waals surface area contributed by atoms with E-state index in [1.54, 1.807) is 12.0 Å². The fraction of sp³-hybridized carbons (Fsp3) is 0.480. The van der Waals surface area contributed by atoms with Gasteiger partial charge in [-0.2, -0.15) is 13.2 Å². The van der Waals surface area contributed by atoms with Gasteiger partial charge in [-0.05, 0) is 60.7 Å². The van der Waals surface area contributed by atoms with Gasteiger partial charge in [0.15, 0.2) is 11.5 Å². The zero-order chi connectivity index (χ0) is 24.2. The number of hydrogen-bond donors (Lipinski definition) is 0. The van der Waals surface area contributed by atoms with Crippen molar-refractivity contribution in [1.29, 1.82) is 0 Å². The maximum atomic E-state index is 13.3. The Hall–Kier alpha value is -2.90. The second kappa shape index (κ2) is 10.4. The zero-order valence-electron chi connectivity index (χ0n) is 19.4. The smallest absolute Gasteiger partial charge is 0.416 e. The number of rotatable bonds is 8. The standard InChI is InChI=1S/C25H30F3NO4/c1-5-16(6-2)24(30)29-11-10-17-12-22(31-3)23(32-4)14-20(17)21(29)15-33-19-9-7-8-18(13-19)25(26,27)28/h7-9,12-14,16,21H,5-6,10-11,15H2,1-4H3. The van der Waals surface area contributed by atoms with Gasteiger partial charge in [0.25, 0.3) is 0 Å². The molecule has 3 rings (SSSR count). The van der Waals surface area contributed by atoms with E-state index in [0.29, 0.717) is 37.3 Å². The van der Waals surface area contributed by atoms with Crippen molar-refractivity contribution in [3.05, 3.63) is 53.1 Å². The van der Waals surface area contributed by atoms with Crippen LogP contribution in [0.2, 0.25) is 0 Å². The number of hydrogen-bond acceptors (Lipinski definition) is 4. The number of amides is 1. The van der Waals surface area contributed by atoms with Crippen molar-refractivity contribution < 1.29 is 32.2 Å². The van der Waals surface area contributed by atoms with Gasteiger partial charge in [-0.3, -0.25) is 4.79 Å². The predicted octanol–water partition coefficient (Wildman–Crippen LogP) is 5.66. The van der Waals surface area contributed by atoms with Crippen molar-refractivity contribution in [2.45, 2.75) is 45.3 Å². The largest absolute Gasteiger partial charge is 0.493 e. The number of methoxy groups -OCH3 is 2. The van der Waals surface area contributed by atoms with E-state index in [0.717, 1.165) is 23.3 Å². The summed E-state index contributed by atoms with van der Waals surface area (Å²) in [6.45, 7) is 4.47. The highest BCUT2D eigenvalue weighted by Gasteiger charge is 2.35. The van der Waals surface area contributed by atoms with E-state index >= 15 is 0 Å². The van der Waals surface area contributed by atoms with Gasteiger partial charge in [-0.15, -0.1) is 0 Å². The quantitative estimate of drug-likeness (QED) is 0.505. The summed E-state index contributed by atoms with van der Waals surface area (Å²) >= 11 is 0. The molecule has 0 aromatic heterocycles. The molecule has 1 atom stereocenters. The van der Waals surface area contributed by atoms with Crippen LogP contribution in [0.5, 0.6) is 17.2 Å². The van der Waals surface area contributed by atoms with Crippen LogP contribution in [0.15, 0.2) is 36.4 Å². The topological polar surface area (TPSA) is 48.0 Å². The Balaban J connectivity index is 1.97. The van der Waals surface area contributed by atoms with E-state index in [1.807, 2.05) is 26.0 Å². The Kier molecular flexibility index (Phi) is 7.76. The van der Waals surface area contributed by atoms with Gasteiger partial charge >= 0.3 is 6.18 Å². The lowest BCUT2D eigenvalue weighted by Gasteiger charge is -2.39. The second-order valence-corrected chi connectivity index (χ2v) is 8.05. The summed E-state index contributed by atoms with van der Waals surface area (Å²) in [6.07, 6.45) is -2.39. The lowest BCUT2D eigenvalue weighted by molar-refractivity contribution is -0.139. The number of alkyl halides is 3. The SMILES string of the molecule is CCC(CC)C(=O)N1CCc2cc(OC)c(OC)cc2C1COc1cccc(C(F)(F)F)c1. The molecule has 0 spiro atoms. The molecule has 1 aliphatic heterocycles. The highest BCUT2D eigenvalue weighted by atomic mass is 19.4. The van der Waals surface area contributed by atoms with Crippen molar-refractivity contribution in [3.8, 4) is 17.2 Å². The van der Waals surface area contributed by atoms with E-state index in [4.69, 9.17) is 14.2 Å². The summed E-state index contributed by atoms with van der Waals surface area (Å²) in [5, 5.41) is 0. The van der Waals surface area contributed by atoms with Gasteiger partial charge in [0.05, 0.1) is 25.8 Å². The van der Waals surface area contributed by atoms with Crippen LogP contribution in [0.3, 0.4) is 0 Å². The van der Waals surface area contributed by atoms with E-state index in [9.17, 15) is 18.0 Å². The fourth-order valence-electron chi connectivity index (χ4n) is 4.28. The molecule has 0 bridgehead atoms. The minimum Gasteiger partial charge on any atom is -0.493 e. The van der Waals surface area contributed by atoms with E-state index < -0.39 is 17.8 Å². The molecule has 1 amide bonds. The minimum absolute atomic E-state index is 0.0235. The Morgan fingerprint density at radius 3 is 2.36 bits per heavy atom. The monoisotopic (exact) mass is 465 g/mol. The molecule has 0 radical (unpaired) electrons. The number of carbonyl (C=O) groups is 1. The number of ether oxygens (including phenoxy) is 3. The molecule has 1 aliphatic rings. The van der Waals surface area contributed by atoms with Crippen molar-refractivity contribution in [3.63, 3.8) is 0 Å². The molecule has 0 aliphatic carbocycles. The number of halogens is 3. The van der Waals surface area contributed by atoms with Crippen LogP contribution >= 0.6 is 0 Å². The maximum Gasteiger partial charge on any atom is 0.416 e. The first kappa shape index (κ1) is 24.7. The molecule has 1 heterocycles. The average Bonchev–Trinajstić information content (AvgIpc) is 2.81. The van der Waals surface area contributed by atoms with Gasteiger partial charge in [0.1, 0.15) is 12.4 Å². The molecule has 5 nitrogen and oxygen atoms in total. The molecule has 0 saturated carbocycles. The molecule has 2 aromatic carbocycles. The Labute approximate surface area is 192 Å². The molecule has 1 unspecified atom stereocenters. The van der Waals surface area contributed by atoms with Crippen molar-refractivity contribution in [2.24, 2.45) is 5.92 Å². The average molecular weight is 466 g/mol. The summed E-state index contributed by atoms with van der Waals surface area (Å²) < 4.78 is 56.0. The number of carbonyl (C=O) groups excluding carboxylic acids is 1. The lowest BCUT2D eigenvalue weighted by atomic mass is 9.90. The van der Waals surface area contributed by atoms with Gasteiger partial charge in [0, 0.05) is 12.5 Å². The highest BCUT2D eigenvalue weighted by Crippen LogP contribution is 2.39. The Morgan fingerprint density at radius 2 is 1.76 bits per heavy atom. The summed E-state index contributed by atoms with van der Waals surface area (Å²) in [5.74, 6) is 1.12. The fourth-order valence-corrected chi connectivity index (χ4v) is 4.28. The van der Waals surface area contributed by atoms with Crippen LogP contribution in [-0.4, -0.2) is 38.2 Å². The third kappa shape index (κ3) is 5.37. The first-order chi connectivity index (χ1) is 15.7. The predicted molar refractivity (Wildman–Crippen MR) is 119 cm³/mol. The van der Waals surface area contributed by atoms with Crippen LogP contribution in [-0.2, 0) is 17.4 Å². The van der Waals surface area contributed by atoms with Gasteiger partial charge in [-0.25, -0.2) is 0 Å². The highest BCUT2D eigenvalue weighted by molar-refractivity contribution is 5.79. The first-order valence-corrected chi connectivity index (χ1v) is 11.1. The third-order valence-corrected chi connectivity index (χ3v) is 6.19. The molecule has 2 aromatic rings. The number of benzene rings is 2. The summed E-state index contributed by atoms with van der Waals surface area (Å²) in [4.78, 5) is 15.1. The molecular formula is C25H30F3NO4. The molecule has 0 saturated heterocycles. The minimum atomic E-state index is -4.46. The summed E-state index contributed by atoms with van der Waals surface area (Å²) in [7, 11) is 3.10. The van der Waals surface area contributed by atoms with Crippen molar-refractivity contribution in [2.75, 3.05) is 27.4 Å². The Morgan fingerprint density at radius 1 is 1.09 bits per heavy atom. The maximum absolute atomic E-state index is 13.3. The van der Waals surface area contributed by atoms with Crippen LogP contribution < -0.4 is 14.2 Å². The van der Waals surface area contributed by atoms with Gasteiger partial charge in [-0.1, -0.05) is 19.9 Å². The molecular weight excluding hydrogens is 435 g/mol. The molecule has 0 N–H and O–H groups in total. The van der Waals surface area contributed by atoms with Gasteiger partial charge in [0.2, 0.25) is 5.91 Å². The molecule has 33 heavy (non-hydrogen) atoms. The van der Waals surface area contributed by atoms with E-state index in [1.165, 1.54) is 19.2 Å². The van der Waals surface area contributed by atoms with Crippen LogP contribution in [0, 0.1) is 5.92 Å². The molecule has 0 fully saturated rings. The number of fused-ring (bicyclic) bond motifs is 1. The van der Waals surface area contributed by atoms with Crippen LogP contribution in [0.25, 0.3) is 0 Å². The first-order valence-electron chi connectivity index (χ1n) is 11.1. The van der Waals surface area contributed by atoms with Crippen LogP contribution in [0.1, 0.15) is 49.4 Å². The van der Waals surface area contributed by atoms with Crippen molar-refractivity contribution in [1.82, 2.24) is 4.90 Å². The zero-order valence-corrected chi connectivity index (χ0v) is 19.4. The van der Waals surface area contributed by atoms with Crippen molar-refractivity contribution >= 4 is 5.91 Å². The van der Waals surface area contributed by atoms with E-state index in [2.05, 4.69) is 0 Å². The normalized spacial score (nSPS) is 15.9. The van der Waals surface area contributed by atoms with Crippen LogP contribution in [0.4, 0.5) is 13.2 Å². The molecule has 180 valence electrons. The summed E-state index contributed by atoms with van der Waals surface area (Å²) in [6, 6.07) is 8.05. The lowest BCUT2D eigenvalue weighted by Crippen LogP contribution is -2.45. The Bertz CT molecular complexity index is 973.